The zero-order valence-electron chi connectivity index (χ0n) is 10.6. The second kappa shape index (κ2) is 6.23. The molecule has 7 heteroatoms. The lowest BCUT2D eigenvalue weighted by atomic mass is 10.1. The van der Waals surface area contributed by atoms with Crippen molar-refractivity contribution in [2.45, 2.75) is 38.3 Å². The van der Waals surface area contributed by atoms with Gasteiger partial charge in [-0.25, -0.2) is 4.79 Å². The van der Waals surface area contributed by atoms with Crippen LogP contribution < -0.4 is 10.6 Å². The summed E-state index contributed by atoms with van der Waals surface area (Å²) in [6, 6.07) is -1.41. The van der Waals surface area contributed by atoms with Crippen LogP contribution in [-0.4, -0.2) is 53.6 Å². The number of carboxylic acid groups (broad SMARTS) is 1. The van der Waals surface area contributed by atoms with Crippen molar-refractivity contribution in [3.63, 3.8) is 0 Å². The van der Waals surface area contributed by atoms with Crippen molar-refractivity contribution in [1.82, 2.24) is 15.5 Å². The topological polar surface area (TPSA) is 98.7 Å². The van der Waals surface area contributed by atoms with Crippen LogP contribution >= 0.6 is 0 Å². The molecule has 0 bridgehead atoms. The Morgan fingerprint density at radius 3 is 2.67 bits per heavy atom. The first-order chi connectivity index (χ1) is 8.43. The molecular weight excluding hydrogens is 238 g/mol. The summed E-state index contributed by atoms with van der Waals surface area (Å²) in [6.45, 7) is 2.42. The van der Waals surface area contributed by atoms with Crippen molar-refractivity contribution < 1.29 is 19.5 Å². The summed E-state index contributed by atoms with van der Waals surface area (Å²) in [5, 5.41) is 13.8. The number of rotatable bonds is 5. The van der Waals surface area contributed by atoms with Crippen LogP contribution in [0.2, 0.25) is 0 Å². The Balaban J connectivity index is 2.41. The lowest BCUT2D eigenvalue weighted by Crippen LogP contribution is -2.49. The predicted molar refractivity (Wildman–Crippen MR) is 64.0 cm³/mol. The Kier molecular flexibility index (Phi) is 4.94. The summed E-state index contributed by atoms with van der Waals surface area (Å²) < 4.78 is 0. The van der Waals surface area contributed by atoms with Crippen LogP contribution in [0.1, 0.15) is 26.2 Å². The second-order valence-electron chi connectivity index (χ2n) is 4.42. The summed E-state index contributed by atoms with van der Waals surface area (Å²) in [7, 11) is 1.68. The van der Waals surface area contributed by atoms with E-state index in [0.717, 1.165) is 0 Å². The monoisotopic (exact) mass is 257 g/mol. The number of aliphatic carboxylic acids is 1. The maximum atomic E-state index is 11.6. The number of amides is 3. The maximum Gasteiger partial charge on any atom is 0.315 e. The Labute approximate surface area is 106 Å². The summed E-state index contributed by atoms with van der Waals surface area (Å²) >= 11 is 0. The quantitative estimate of drug-likeness (QED) is 0.633. The molecule has 7 nitrogen and oxygen atoms in total. The van der Waals surface area contributed by atoms with Gasteiger partial charge in [-0.2, -0.15) is 0 Å². The Bertz CT molecular complexity index is 345. The van der Waals surface area contributed by atoms with E-state index >= 15 is 0 Å². The van der Waals surface area contributed by atoms with Gasteiger partial charge < -0.3 is 20.6 Å². The number of carboxylic acids is 1. The van der Waals surface area contributed by atoms with E-state index in [2.05, 4.69) is 10.6 Å². The molecule has 2 atom stereocenters. The first-order valence-electron chi connectivity index (χ1n) is 5.97. The molecule has 1 rings (SSSR count). The lowest BCUT2D eigenvalue weighted by Gasteiger charge is -2.17. The standard InChI is InChI=1S/C11H19N3O4/c1-3-7(6-9(15)16)12-11(18)13-8-4-5-14(2)10(8)17/h7-8H,3-6H2,1-2H3,(H,15,16)(H2,12,13,18). The van der Waals surface area contributed by atoms with Gasteiger partial charge in [0.2, 0.25) is 5.91 Å². The minimum absolute atomic E-state index is 0.114. The largest absolute Gasteiger partial charge is 0.481 e. The van der Waals surface area contributed by atoms with Gasteiger partial charge in [-0.3, -0.25) is 9.59 Å². The van der Waals surface area contributed by atoms with E-state index in [9.17, 15) is 14.4 Å². The fourth-order valence-corrected chi connectivity index (χ4v) is 1.85. The molecule has 1 heterocycles. The first-order valence-corrected chi connectivity index (χ1v) is 5.97. The minimum atomic E-state index is -0.959. The predicted octanol–water partition coefficient (Wildman–Crippen LogP) is -0.230. The van der Waals surface area contributed by atoms with Crippen LogP contribution in [0, 0.1) is 0 Å². The van der Waals surface area contributed by atoms with E-state index < -0.39 is 24.1 Å². The van der Waals surface area contributed by atoms with E-state index in [1.54, 1.807) is 18.9 Å². The summed E-state index contributed by atoms with van der Waals surface area (Å²) in [5.41, 5.74) is 0. The molecule has 0 aromatic heterocycles. The molecule has 1 aliphatic rings. The van der Waals surface area contributed by atoms with Crippen molar-refractivity contribution in [1.29, 1.82) is 0 Å². The average molecular weight is 257 g/mol. The van der Waals surface area contributed by atoms with Crippen molar-refractivity contribution in [3.05, 3.63) is 0 Å². The number of urea groups is 1. The zero-order chi connectivity index (χ0) is 13.7. The van der Waals surface area contributed by atoms with Crippen LogP contribution in [0.5, 0.6) is 0 Å². The van der Waals surface area contributed by atoms with E-state index in [1.807, 2.05) is 0 Å². The molecule has 1 fully saturated rings. The molecule has 102 valence electrons. The molecule has 3 N–H and O–H groups in total. The summed E-state index contributed by atoms with van der Waals surface area (Å²) in [4.78, 5) is 35.3. The van der Waals surface area contributed by atoms with Gasteiger partial charge in [0.1, 0.15) is 6.04 Å². The van der Waals surface area contributed by atoms with Crippen molar-refractivity contribution in [2.75, 3.05) is 13.6 Å². The van der Waals surface area contributed by atoms with E-state index in [-0.39, 0.29) is 12.3 Å². The third-order valence-corrected chi connectivity index (χ3v) is 2.98. The molecule has 1 aliphatic heterocycles. The first kappa shape index (κ1) is 14.3. The van der Waals surface area contributed by atoms with Crippen LogP contribution in [0.3, 0.4) is 0 Å². The van der Waals surface area contributed by atoms with Crippen molar-refractivity contribution in [3.8, 4) is 0 Å². The molecule has 0 aliphatic carbocycles. The van der Waals surface area contributed by atoms with Crippen LogP contribution in [0.4, 0.5) is 4.79 Å². The number of likely N-dealkylation sites (N-methyl/N-ethyl adjacent to an activating group) is 1. The van der Waals surface area contributed by atoms with Gasteiger partial charge in [-0.1, -0.05) is 6.92 Å². The zero-order valence-corrected chi connectivity index (χ0v) is 10.6. The third kappa shape index (κ3) is 3.90. The minimum Gasteiger partial charge on any atom is -0.481 e. The van der Waals surface area contributed by atoms with Gasteiger partial charge in [0, 0.05) is 19.6 Å². The molecule has 1 saturated heterocycles. The van der Waals surface area contributed by atoms with Gasteiger partial charge in [0.15, 0.2) is 0 Å². The SMILES string of the molecule is CCC(CC(=O)O)NC(=O)NC1CCN(C)C1=O. The number of carbonyl (C=O) groups is 3. The van der Waals surface area contributed by atoms with Crippen molar-refractivity contribution >= 4 is 17.9 Å². The van der Waals surface area contributed by atoms with E-state index in [1.165, 1.54) is 0 Å². The fraction of sp³-hybridized carbons (Fsp3) is 0.727. The summed E-state index contributed by atoms with van der Waals surface area (Å²) in [5.74, 6) is -1.07. The highest BCUT2D eigenvalue weighted by molar-refractivity contribution is 5.88. The molecule has 2 unspecified atom stereocenters. The van der Waals surface area contributed by atoms with Gasteiger partial charge in [-0.05, 0) is 12.8 Å². The number of nitrogens with one attached hydrogen (secondary N) is 2. The Morgan fingerprint density at radius 1 is 1.56 bits per heavy atom. The molecule has 0 radical (unpaired) electrons. The molecular formula is C11H19N3O4. The number of likely N-dealkylation sites (tertiary alicyclic amines) is 1. The summed E-state index contributed by atoms with van der Waals surface area (Å²) in [6.07, 6.45) is 0.985. The molecule has 0 aromatic carbocycles. The Morgan fingerprint density at radius 2 is 2.22 bits per heavy atom. The van der Waals surface area contributed by atoms with Crippen molar-refractivity contribution in [2.24, 2.45) is 0 Å². The number of hydrogen-bond acceptors (Lipinski definition) is 3. The highest BCUT2D eigenvalue weighted by atomic mass is 16.4. The third-order valence-electron chi connectivity index (χ3n) is 2.98. The maximum absolute atomic E-state index is 11.6. The molecule has 0 aromatic rings. The smallest absolute Gasteiger partial charge is 0.315 e. The molecule has 18 heavy (non-hydrogen) atoms. The molecule has 3 amide bonds. The highest BCUT2D eigenvalue weighted by Crippen LogP contribution is 2.08. The van der Waals surface area contributed by atoms with Gasteiger partial charge in [-0.15, -0.1) is 0 Å². The van der Waals surface area contributed by atoms with E-state index in [0.29, 0.717) is 19.4 Å². The van der Waals surface area contributed by atoms with E-state index in [4.69, 9.17) is 5.11 Å². The van der Waals surface area contributed by atoms with Gasteiger partial charge in [0.25, 0.3) is 0 Å². The normalized spacial score (nSPS) is 20.7. The van der Waals surface area contributed by atoms with Gasteiger partial charge in [0.05, 0.1) is 6.42 Å². The second-order valence-corrected chi connectivity index (χ2v) is 4.42. The molecule has 0 spiro atoms. The van der Waals surface area contributed by atoms with Gasteiger partial charge >= 0.3 is 12.0 Å². The average Bonchev–Trinajstić information content (AvgIpc) is 2.59. The number of nitrogens with zero attached hydrogens (tertiary/aromatic N) is 1. The lowest BCUT2D eigenvalue weighted by molar-refractivity contribution is -0.137. The molecule has 0 saturated carbocycles. The van der Waals surface area contributed by atoms with Crippen LogP contribution in [0.15, 0.2) is 0 Å². The number of carbonyl (C=O) groups excluding carboxylic acids is 2. The van der Waals surface area contributed by atoms with Crippen LogP contribution in [-0.2, 0) is 9.59 Å². The Hall–Kier alpha value is -1.79. The number of hydrogen-bond donors (Lipinski definition) is 3. The fourth-order valence-electron chi connectivity index (χ4n) is 1.85. The van der Waals surface area contributed by atoms with Crippen LogP contribution in [0.25, 0.3) is 0 Å². The highest BCUT2D eigenvalue weighted by Gasteiger charge is 2.30.